The van der Waals surface area contributed by atoms with Crippen LogP contribution in [0, 0.1) is 5.92 Å². The lowest BCUT2D eigenvalue weighted by atomic mass is 9.87. The molecule has 1 aliphatic carbocycles. The summed E-state index contributed by atoms with van der Waals surface area (Å²) in [5.74, 6) is 0.664. The average Bonchev–Trinajstić information content (AvgIpc) is 3.10. The van der Waals surface area contributed by atoms with Crippen molar-refractivity contribution in [2.45, 2.75) is 52.0 Å². The first-order chi connectivity index (χ1) is 11.7. The molecule has 134 valence electrons. The minimum atomic E-state index is -0.0765. The number of amides is 3. The van der Waals surface area contributed by atoms with Gasteiger partial charge in [0.1, 0.15) is 0 Å². The zero-order valence-electron chi connectivity index (χ0n) is 14.6. The summed E-state index contributed by atoms with van der Waals surface area (Å²) in [6, 6.07) is 3.95. The maximum atomic E-state index is 12.2. The monoisotopic (exact) mass is 351 g/mol. The van der Waals surface area contributed by atoms with Crippen molar-refractivity contribution in [3.05, 3.63) is 22.4 Å². The van der Waals surface area contributed by atoms with Crippen LogP contribution in [0.1, 0.15) is 50.3 Å². The first-order valence-corrected chi connectivity index (χ1v) is 9.89. The molecular formula is C18H29N3O2S. The SMILES string of the molecule is CCN(Cc1cccs1)C(=O)NCCNC(=O)CC1CCCCC1. The van der Waals surface area contributed by atoms with Crippen LogP contribution in [0.15, 0.2) is 17.5 Å². The number of rotatable bonds is 8. The van der Waals surface area contributed by atoms with Crippen molar-refractivity contribution < 1.29 is 9.59 Å². The smallest absolute Gasteiger partial charge is 0.317 e. The summed E-state index contributed by atoms with van der Waals surface area (Å²) in [4.78, 5) is 27.0. The third-order valence-corrected chi connectivity index (χ3v) is 5.38. The Balaban J connectivity index is 1.59. The van der Waals surface area contributed by atoms with Crippen LogP contribution >= 0.6 is 11.3 Å². The lowest BCUT2D eigenvalue weighted by molar-refractivity contribution is -0.122. The number of hydrogen-bond acceptors (Lipinski definition) is 3. The van der Waals surface area contributed by atoms with E-state index < -0.39 is 0 Å². The molecule has 0 aromatic carbocycles. The Morgan fingerprint density at radius 1 is 1.21 bits per heavy atom. The molecule has 5 nitrogen and oxygen atoms in total. The van der Waals surface area contributed by atoms with Crippen molar-refractivity contribution >= 4 is 23.3 Å². The van der Waals surface area contributed by atoms with Gasteiger partial charge >= 0.3 is 6.03 Å². The number of hydrogen-bond donors (Lipinski definition) is 2. The van der Waals surface area contributed by atoms with Gasteiger partial charge in [0, 0.05) is 30.9 Å². The fourth-order valence-electron chi connectivity index (χ4n) is 3.13. The zero-order chi connectivity index (χ0) is 17.2. The van der Waals surface area contributed by atoms with Gasteiger partial charge in [-0.25, -0.2) is 4.79 Å². The lowest BCUT2D eigenvalue weighted by Crippen LogP contribution is -2.42. The molecule has 0 saturated heterocycles. The highest BCUT2D eigenvalue weighted by Gasteiger charge is 2.17. The standard InChI is InChI=1S/C18H29N3O2S/c1-2-21(14-16-9-6-12-24-16)18(23)20-11-10-19-17(22)13-15-7-4-3-5-8-15/h6,9,12,15H,2-5,7-8,10-11,13-14H2,1H3,(H,19,22)(H,20,23). The molecule has 6 heteroatoms. The normalized spacial score (nSPS) is 15.0. The van der Waals surface area contributed by atoms with E-state index in [0.717, 1.165) is 0 Å². The first kappa shape index (κ1) is 18.8. The molecule has 24 heavy (non-hydrogen) atoms. The van der Waals surface area contributed by atoms with Crippen LogP contribution in [0.2, 0.25) is 0 Å². The van der Waals surface area contributed by atoms with Gasteiger partial charge in [0.2, 0.25) is 5.91 Å². The van der Waals surface area contributed by atoms with Crippen molar-refractivity contribution in [1.82, 2.24) is 15.5 Å². The molecule has 0 atom stereocenters. The van der Waals surface area contributed by atoms with E-state index in [1.165, 1.54) is 37.0 Å². The Morgan fingerprint density at radius 2 is 1.96 bits per heavy atom. The fraction of sp³-hybridized carbons (Fsp3) is 0.667. The molecule has 1 saturated carbocycles. The molecule has 1 fully saturated rings. The average molecular weight is 352 g/mol. The number of carbonyl (C=O) groups excluding carboxylic acids is 2. The van der Waals surface area contributed by atoms with E-state index in [-0.39, 0.29) is 11.9 Å². The quantitative estimate of drug-likeness (QED) is 0.706. The third kappa shape index (κ3) is 6.51. The third-order valence-electron chi connectivity index (χ3n) is 4.52. The van der Waals surface area contributed by atoms with Crippen LogP contribution in [-0.4, -0.2) is 36.5 Å². The van der Waals surface area contributed by atoms with E-state index in [9.17, 15) is 9.59 Å². The van der Waals surface area contributed by atoms with Crippen molar-refractivity contribution in [1.29, 1.82) is 0 Å². The van der Waals surface area contributed by atoms with Crippen LogP contribution in [0.25, 0.3) is 0 Å². The van der Waals surface area contributed by atoms with Gasteiger partial charge in [-0.15, -0.1) is 11.3 Å². The second kappa shape index (κ2) is 10.3. The summed E-state index contributed by atoms with van der Waals surface area (Å²) in [7, 11) is 0. The highest BCUT2D eigenvalue weighted by Crippen LogP contribution is 2.25. The Bertz CT molecular complexity index is 498. The summed E-state index contributed by atoms with van der Waals surface area (Å²) >= 11 is 1.65. The minimum absolute atomic E-state index is 0.0765. The predicted molar refractivity (Wildman–Crippen MR) is 98.0 cm³/mol. The number of thiophene rings is 1. The van der Waals surface area contributed by atoms with Gasteiger partial charge in [-0.2, -0.15) is 0 Å². The van der Waals surface area contributed by atoms with Crippen LogP contribution in [-0.2, 0) is 11.3 Å². The van der Waals surface area contributed by atoms with Crippen LogP contribution in [0.3, 0.4) is 0 Å². The molecule has 1 aromatic rings. The van der Waals surface area contributed by atoms with Gasteiger partial charge in [-0.1, -0.05) is 25.3 Å². The molecule has 0 aliphatic heterocycles. The second-order valence-corrected chi connectivity index (χ2v) is 7.42. The molecule has 2 rings (SSSR count). The van der Waals surface area contributed by atoms with Crippen molar-refractivity contribution in [2.24, 2.45) is 5.92 Å². The summed E-state index contributed by atoms with van der Waals surface area (Å²) in [6.45, 7) is 4.23. The van der Waals surface area contributed by atoms with Crippen LogP contribution in [0.4, 0.5) is 4.79 Å². The summed E-state index contributed by atoms with van der Waals surface area (Å²) in [5, 5.41) is 7.82. The van der Waals surface area contributed by atoms with Crippen molar-refractivity contribution in [3.8, 4) is 0 Å². The lowest BCUT2D eigenvalue weighted by Gasteiger charge is -2.22. The molecule has 1 aliphatic rings. The molecule has 1 heterocycles. The Hall–Kier alpha value is -1.56. The van der Waals surface area contributed by atoms with Gasteiger partial charge in [0.15, 0.2) is 0 Å². The summed E-state index contributed by atoms with van der Waals surface area (Å²) in [5.41, 5.74) is 0. The van der Waals surface area contributed by atoms with Gasteiger partial charge < -0.3 is 15.5 Å². The zero-order valence-corrected chi connectivity index (χ0v) is 15.4. The van der Waals surface area contributed by atoms with E-state index >= 15 is 0 Å². The number of nitrogens with zero attached hydrogens (tertiary/aromatic N) is 1. The Labute approximate surface area is 148 Å². The maximum Gasteiger partial charge on any atom is 0.317 e. The van der Waals surface area contributed by atoms with E-state index in [4.69, 9.17) is 0 Å². The highest BCUT2D eigenvalue weighted by molar-refractivity contribution is 7.09. The first-order valence-electron chi connectivity index (χ1n) is 9.01. The van der Waals surface area contributed by atoms with Crippen molar-refractivity contribution in [3.63, 3.8) is 0 Å². The molecule has 0 bridgehead atoms. The number of nitrogens with one attached hydrogen (secondary N) is 2. The fourth-order valence-corrected chi connectivity index (χ4v) is 3.85. The number of carbonyl (C=O) groups is 2. The van der Waals surface area contributed by atoms with Crippen LogP contribution < -0.4 is 10.6 Å². The summed E-state index contributed by atoms with van der Waals surface area (Å²) < 4.78 is 0. The highest BCUT2D eigenvalue weighted by atomic mass is 32.1. The Kier molecular flexibility index (Phi) is 8.08. The molecule has 3 amide bonds. The van der Waals surface area contributed by atoms with Gasteiger partial charge in [0.25, 0.3) is 0 Å². The number of urea groups is 1. The predicted octanol–water partition coefficient (Wildman–Crippen LogP) is 3.37. The molecular weight excluding hydrogens is 322 g/mol. The Morgan fingerprint density at radius 3 is 2.62 bits per heavy atom. The topological polar surface area (TPSA) is 61.4 Å². The maximum absolute atomic E-state index is 12.2. The molecule has 2 N–H and O–H groups in total. The molecule has 1 aromatic heterocycles. The van der Waals surface area contributed by atoms with E-state index in [2.05, 4.69) is 10.6 Å². The molecule has 0 spiro atoms. The minimum Gasteiger partial charge on any atom is -0.354 e. The van der Waals surface area contributed by atoms with Gasteiger partial charge in [-0.05, 0) is 37.1 Å². The second-order valence-electron chi connectivity index (χ2n) is 6.38. The largest absolute Gasteiger partial charge is 0.354 e. The van der Waals surface area contributed by atoms with Gasteiger partial charge in [-0.3, -0.25) is 4.79 Å². The van der Waals surface area contributed by atoms with E-state index in [0.29, 0.717) is 38.5 Å². The summed E-state index contributed by atoms with van der Waals surface area (Å²) in [6.07, 6.45) is 6.81. The van der Waals surface area contributed by atoms with E-state index in [1.54, 1.807) is 16.2 Å². The van der Waals surface area contributed by atoms with Gasteiger partial charge in [0.05, 0.1) is 6.54 Å². The van der Waals surface area contributed by atoms with E-state index in [1.807, 2.05) is 24.4 Å². The van der Waals surface area contributed by atoms with Crippen LogP contribution in [0.5, 0.6) is 0 Å². The molecule has 0 radical (unpaired) electrons. The van der Waals surface area contributed by atoms with Crippen molar-refractivity contribution in [2.75, 3.05) is 19.6 Å². The molecule has 0 unspecified atom stereocenters.